The number of para-hydroxylation sites is 1. The van der Waals surface area contributed by atoms with Crippen molar-refractivity contribution >= 4 is 5.78 Å². The van der Waals surface area contributed by atoms with E-state index in [1.54, 1.807) is 24.5 Å². The molecule has 0 fully saturated rings. The number of carbonyl (C=O) groups is 1. The summed E-state index contributed by atoms with van der Waals surface area (Å²) in [6.45, 7) is 0. The first-order valence-electron chi connectivity index (χ1n) is 7.57. The van der Waals surface area contributed by atoms with E-state index in [4.69, 9.17) is 4.74 Å². The van der Waals surface area contributed by atoms with E-state index in [0.717, 1.165) is 22.3 Å². The van der Waals surface area contributed by atoms with Crippen LogP contribution in [0.1, 0.15) is 11.1 Å². The molecule has 0 spiro atoms. The van der Waals surface area contributed by atoms with Crippen molar-refractivity contribution in [3.05, 3.63) is 71.8 Å². The number of benzene rings is 2. The average molecular weight is 320 g/mol. The van der Waals surface area contributed by atoms with Crippen LogP contribution in [0.5, 0.6) is 11.8 Å². The summed E-state index contributed by atoms with van der Waals surface area (Å²) in [6, 6.07) is 12.1. The average Bonchev–Trinajstić information content (AvgIpc) is 2.97. The Balaban J connectivity index is 1.57. The van der Waals surface area contributed by atoms with Gasteiger partial charge in [0.2, 0.25) is 0 Å². The van der Waals surface area contributed by atoms with Gasteiger partial charge in [-0.25, -0.2) is 14.4 Å². The van der Waals surface area contributed by atoms with Gasteiger partial charge in [0.1, 0.15) is 5.78 Å². The first-order chi connectivity index (χ1) is 11.7. The molecule has 5 heteroatoms. The van der Waals surface area contributed by atoms with Crippen LogP contribution in [0.25, 0.3) is 11.1 Å². The molecule has 4 rings (SSSR count). The molecule has 1 aromatic heterocycles. The number of aromatic nitrogens is 2. The third-order valence-electron chi connectivity index (χ3n) is 3.98. The van der Waals surface area contributed by atoms with Gasteiger partial charge >= 0.3 is 6.01 Å². The monoisotopic (exact) mass is 320 g/mol. The molecule has 0 N–H and O–H groups in total. The molecule has 24 heavy (non-hydrogen) atoms. The lowest BCUT2D eigenvalue weighted by molar-refractivity contribution is -0.117. The second-order valence-corrected chi connectivity index (χ2v) is 5.66. The zero-order valence-electron chi connectivity index (χ0n) is 12.7. The minimum atomic E-state index is -0.464. The Morgan fingerprint density at radius 1 is 0.917 bits per heavy atom. The summed E-state index contributed by atoms with van der Waals surface area (Å²) >= 11 is 0. The lowest BCUT2D eigenvalue weighted by Crippen LogP contribution is -1.94. The third-order valence-corrected chi connectivity index (χ3v) is 3.98. The van der Waals surface area contributed by atoms with Crippen LogP contribution in [0.4, 0.5) is 4.39 Å². The SMILES string of the molecule is O=C1Cc2ccc(-c3cnc(Oc4ccccc4F)nc3)cc2C1. The van der Waals surface area contributed by atoms with E-state index in [2.05, 4.69) is 9.97 Å². The molecule has 0 saturated carbocycles. The Bertz CT molecular complexity index is 923. The smallest absolute Gasteiger partial charge is 0.321 e. The predicted octanol–water partition coefficient (Wildman–Crippen LogP) is 3.74. The number of fused-ring (bicyclic) bond motifs is 1. The van der Waals surface area contributed by atoms with E-state index in [0.29, 0.717) is 12.8 Å². The highest BCUT2D eigenvalue weighted by molar-refractivity contribution is 5.88. The van der Waals surface area contributed by atoms with Crippen LogP contribution in [0.2, 0.25) is 0 Å². The third kappa shape index (κ3) is 2.76. The van der Waals surface area contributed by atoms with Gasteiger partial charge in [0.05, 0.1) is 0 Å². The number of ketones is 1. The molecule has 0 unspecified atom stereocenters. The van der Waals surface area contributed by atoms with Crippen LogP contribution >= 0.6 is 0 Å². The van der Waals surface area contributed by atoms with Crippen molar-refractivity contribution in [1.82, 2.24) is 9.97 Å². The largest absolute Gasteiger partial charge is 0.421 e. The number of rotatable bonds is 3. The van der Waals surface area contributed by atoms with Crippen LogP contribution < -0.4 is 4.74 Å². The lowest BCUT2D eigenvalue weighted by atomic mass is 10.0. The van der Waals surface area contributed by atoms with Crippen LogP contribution in [0, 0.1) is 5.82 Å². The van der Waals surface area contributed by atoms with Gasteiger partial charge in [-0.2, -0.15) is 0 Å². The number of nitrogens with zero attached hydrogens (tertiary/aromatic N) is 2. The van der Waals surface area contributed by atoms with Crippen LogP contribution in [-0.2, 0) is 17.6 Å². The molecule has 118 valence electrons. The number of ether oxygens (including phenoxy) is 1. The van der Waals surface area contributed by atoms with Crippen molar-refractivity contribution in [2.75, 3.05) is 0 Å². The number of hydrogen-bond acceptors (Lipinski definition) is 4. The van der Waals surface area contributed by atoms with Gasteiger partial charge in [-0.3, -0.25) is 4.79 Å². The molecular formula is C19H13FN2O2. The van der Waals surface area contributed by atoms with Gasteiger partial charge in [0.25, 0.3) is 0 Å². The lowest BCUT2D eigenvalue weighted by Gasteiger charge is -2.07. The minimum absolute atomic E-state index is 0.0835. The van der Waals surface area contributed by atoms with Crippen molar-refractivity contribution in [2.24, 2.45) is 0 Å². The highest BCUT2D eigenvalue weighted by atomic mass is 19.1. The van der Waals surface area contributed by atoms with Crippen LogP contribution in [0.3, 0.4) is 0 Å². The molecule has 2 aromatic carbocycles. The maximum Gasteiger partial charge on any atom is 0.321 e. The number of hydrogen-bond donors (Lipinski definition) is 0. The molecule has 1 aliphatic rings. The Hall–Kier alpha value is -3.08. The summed E-state index contributed by atoms with van der Waals surface area (Å²) in [5.74, 6) is -0.137. The molecule has 3 aromatic rings. The Kier molecular flexibility index (Phi) is 3.54. The Labute approximate surface area is 138 Å². The maximum atomic E-state index is 13.6. The van der Waals surface area contributed by atoms with E-state index in [-0.39, 0.29) is 17.5 Å². The van der Waals surface area contributed by atoms with E-state index >= 15 is 0 Å². The van der Waals surface area contributed by atoms with Gasteiger partial charge in [-0.15, -0.1) is 0 Å². The predicted molar refractivity (Wildman–Crippen MR) is 86.4 cm³/mol. The topological polar surface area (TPSA) is 52.1 Å². The van der Waals surface area contributed by atoms with Gasteiger partial charge in [0.15, 0.2) is 11.6 Å². The maximum absolute atomic E-state index is 13.6. The summed E-state index contributed by atoms with van der Waals surface area (Å²) in [6.07, 6.45) is 4.25. The fourth-order valence-electron chi connectivity index (χ4n) is 2.77. The molecule has 0 atom stereocenters. The summed E-state index contributed by atoms with van der Waals surface area (Å²) in [5.41, 5.74) is 3.91. The second kappa shape index (κ2) is 5.85. The fourth-order valence-corrected chi connectivity index (χ4v) is 2.77. The Morgan fingerprint density at radius 3 is 2.46 bits per heavy atom. The molecule has 0 saturated heterocycles. The van der Waals surface area contributed by atoms with Gasteiger partial charge in [-0.05, 0) is 28.8 Å². The van der Waals surface area contributed by atoms with Crippen molar-refractivity contribution in [3.8, 4) is 22.9 Å². The quantitative estimate of drug-likeness (QED) is 0.737. The first kappa shape index (κ1) is 14.5. The highest BCUT2D eigenvalue weighted by Crippen LogP contribution is 2.27. The second-order valence-electron chi connectivity index (χ2n) is 5.66. The van der Waals surface area contributed by atoms with Crippen molar-refractivity contribution in [2.45, 2.75) is 12.8 Å². The molecule has 4 nitrogen and oxygen atoms in total. The minimum Gasteiger partial charge on any atom is -0.421 e. The van der Waals surface area contributed by atoms with E-state index in [1.807, 2.05) is 18.2 Å². The summed E-state index contributed by atoms with van der Waals surface area (Å²) in [7, 11) is 0. The van der Waals surface area contributed by atoms with Crippen molar-refractivity contribution in [1.29, 1.82) is 0 Å². The van der Waals surface area contributed by atoms with E-state index in [9.17, 15) is 9.18 Å². The molecule has 0 amide bonds. The molecule has 0 bridgehead atoms. The summed E-state index contributed by atoms with van der Waals surface area (Å²) in [5, 5.41) is 0. The molecule has 1 heterocycles. The standard InChI is InChI=1S/C19H13FN2O2/c20-17-3-1-2-4-18(17)24-19-21-10-15(11-22-19)12-5-6-13-8-16(23)9-14(13)7-12/h1-7,10-11H,8-9H2. The normalized spacial score (nSPS) is 13.0. The summed E-state index contributed by atoms with van der Waals surface area (Å²) in [4.78, 5) is 19.8. The van der Waals surface area contributed by atoms with Crippen LogP contribution in [-0.4, -0.2) is 15.8 Å². The number of carbonyl (C=O) groups excluding carboxylic acids is 1. The zero-order chi connectivity index (χ0) is 16.5. The van der Waals surface area contributed by atoms with Gasteiger partial charge < -0.3 is 4.74 Å². The first-order valence-corrected chi connectivity index (χ1v) is 7.57. The highest BCUT2D eigenvalue weighted by Gasteiger charge is 2.18. The molecular weight excluding hydrogens is 307 g/mol. The number of Topliss-reactive ketones (excluding diaryl/α,β-unsaturated/α-hetero) is 1. The number of halogens is 1. The van der Waals surface area contributed by atoms with Crippen molar-refractivity contribution in [3.63, 3.8) is 0 Å². The molecule has 0 aliphatic heterocycles. The van der Waals surface area contributed by atoms with Crippen molar-refractivity contribution < 1.29 is 13.9 Å². The Morgan fingerprint density at radius 2 is 1.67 bits per heavy atom. The summed E-state index contributed by atoms with van der Waals surface area (Å²) < 4.78 is 18.9. The van der Waals surface area contributed by atoms with Gasteiger partial charge in [-0.1, -0.05) is 30.3 Å². The van der Waals surface area contributed by atoms with Crippen LogP contribution in [0.15, 0.2) is 54.9 Å². The molecule has 0 radical (unpaired) electrons. The van der Waals surface area contributed by atoms with Gasteiger partial charge in [0, 0.05) is 30.8 Å². The van der Waals surface area contributed by atoms with E-state index in [1.165, 1.54) is 12.1 Å². The fraction of sp³-hybridized carbons (Fsp3) is 0.105. The molecule has 1 aliphatic carbocycles. The van der Waals surface area contributed by atoms with E-state index < -0.39 is 5.82 Å². The zero-order valence-corrected chi connectivity index (χ0v) is 12.7.